The Morgan fingerprint density at radius 2 is 1.29 bits per heavy atom. The fourth-order valence-electron chi connectivity index (χ4n) is 3.30. The quantitative estimate of drug-likeness (QED) is 0.353. The molecule has 5 heteroatoms. The third-order valence-electron chi connectivity index (χ3n) is 4.74. The summed E-state index contributed by atoms with van der Waals surface area (Å²) < 4.78 is 29.8. The highest BCUT2D eigenvalue weighted by Gasteiger charge is 2.23. The van der Waals surface area contributed by atoms with Crippen molar-refractivity contribution in [2.75, 3.05) is 0 Å². The molecule has 1 aromatic heterocycles. The van der Waals surface area contributed by atoms with E-state index in [9.17, 15) is 8.78 Å². The SMILES string of the molecule is Cc1c(Br)c(-c2ccccc2)nn1C(c1ccc(F)cc1)c1ccc(F)cc1. The lowest BCUT2D eigenvalue weighted by Gasteiger charge is -2.20. The molecule has 0 atom stereocenters. The van der Waals surface area contributed by atoms with Crippen molar-refractivity contribution in [3.8, 4) is 11.3 Å². The largest absolute Gasteiger partial charge is 0.256 e. The average molecular weight is 439 g/mol. The van der Waals surface area contributed by atoms with Crippen LogP contribution in [0.4, 0.5) is 8.78 Å². The fourth-order valence-corrected chi connectivity index (χ4v) is 3.79. The van der Waals surface area contributed by atoms with Gasteiger partial charge in [0.15, 0.2) is 0 Å². The molecule has 0 saturated heterocycles. The Morgan fingerprint density at radius 3 is 1.79 bits per heavy atom. The molecular formula is C23H17BrF2N2. The van der Waals surface area contributed by atoms with E-state index >= 15 is 0 Å². The molecule has 1 heterocycles. The Balaban J connectivity index is 1.90. The molecule has 0 aliphatic carbocycles. The molecule has 0 aliphatic rings. The maximum Gasteiger partial charge on any atom is 0.123 e. The van der Waals surface area contributed by atoms with Gasteiger partial charge in [-0.1, -0.05) is 54.6 Å². The van der Waals surface area contributed by atoms with Gasteiger partial charge < -0.3 is 0 Å². The first-order valence-electron chi connectivity index (χ1n) is 8.85. The minimum Gasteiger partial charge on any atom is -0.256 e. The Bertz CT molecular complexity index is 1040. The molecule has 0 radical (unpaired) electrons. The predicted octanol–water partition coefficient (Wildman–Crippen LogP) is 6.54. The van der Waals surface area contributed by atoms with Gasteiger partial charge >= 0.3 is 0 Å². The first-order chi connectivity index (χ1) is 13.5. The highest BCUT2D eigenvalue weighted by Crippen LogP contribution is 2.35. The number of hydrogen-bond acceptors (Lipinski definition) is 1. The number of hydrogen-bond donors (Lipinski definition) is 0. The second-order valence-electron chi connectivity index (χ2n) is 6.56. The minimum atomic E-state index is -0.310. The maximum absolute atomic E-state index is 13.5. The third kappa shape index (κ3) is 3.50. The highest BCUT2D eigenvalue weighted by molar-refractivity contribution is 9.10. The van der Waals surface area contributed by atoms with Crippen molar-refractivity contribution < 1.29 is 8.78 Å². The number of aromatic nitrogens is 2. The summed E-state index contributed by atoms with van der Waals surface area (Å²) in [5.74, 6) is -0.602. The van der Waals surface area contributed by atoms with Crippen LogP contribution in [0.5, 0.6) is 0 Å². The van der Waals surface area contributed by atoms with E-state index in [0.717, 1.165) is 32.6 Å². The van der Waals surface area contributed by atoms with Crippen LogP contribution in [-0.2, 0) is 0 Å². The van der Waals surface area contributed by atoms with Gasteiger partial charge in [-0.05, 0) is 58.2 Å². The number of halogens is 3. The second-order valence-corrected chi connectivity index (χ2v) is 7.36. The van der Waals surface area contributed by atoms with Gasteiger partial charge in [0.25, 0.3) is 0 Å². The molecular weight excluding hydrogens is 422 g/mol. The van der Waals surface area contributed by atoms with E-state index in [1.807, 2.05) is 41.9 Å². The zero-order chi connectivity index (χ0) is 19.7. The third-order valence-corrected chi connectivity index (χ3v) is 5.69. The van der Waals surface area contributed by atoms with E-state index < -0.39 is 0 Å². The highest BCUT2D eigenvalue weighted by atomic mass is 79.9. The first-order valence-corrected chi connectivity index (χ1v) is 9.65. The molecule has 0 spiro atoms. The topological polar surface area (TPSA) is 17.8 Å². The zero-order valence-electron chi connectivity index (χ0n) is 15.1. The van der Waals surface area contributed by atoms with Crippen LogP contribution in [0.1, 0.15) is 22.9 Å². The molecule has 0 fully saturated rings. The summed E-state index contributed by atoms with van der Waals surface area (Å²) in [6.07, 6.45) is 0. The molecule has 0 unspecified atom stereocenters. The van der Waals surface area contributed by atoms with Gasteiger partial charge in [0, 0.05) is 5.56 Å². The lowest BCUT2D eigenvalue weighted by atomic mass is 9.98. The molecule has 0 amide bonds. The molecule has 0 aliphatic heterocycles. The van der Waals surface area contributed by atoms with Crippen LogP contribution in [0, 0.1) is 18.6 Å². The van der Waals surface area contributed by atoms with Crippen molar-refractivity contribution in [2.24, 2.45) is 0 Å². The Morgan fingerprint density at radius 1 is 0.786 bits per heavy atom. The summed E-state index contributed by atoms with van der Waals surface area (Å²) in [5.41, 5.74) is 4.48. The molecule has 28 heavy (non-hydrogen) atoms. The summed E-state index contributed by atoms with van der Waals surface area (Å²) >= 11 is 3.67. The van der Waals surface area contributed by atoms with Crippen molar-refractivity contribution >= 4 is 15.9 Å². The molecule has 140 valence electrons. The molecule has 2 nitrogen and oxygen atoms in total. The summed E-state index contributed by atoms with van der Waals surface area (Å²) in [6, 6.07) is 22.2. The van der Waals surface area contributed by atoms with E-state index in [4.69, 9.17) is 5.10 Å². The number of benzene rings is 3. The minimum absolute atomic E-state index is 0.301. The standard InChI is InChI=1S/C23H17BrF2N2/c1-15-21(24)22(16-5-3-2-4-6-16)27-28(15)23(17-7-11-19(25)12-8-17)18-9-13-20(26)14-10-18/h2-14,23H,1H3. The Hall–Kier alpha value is -2.79. The second kappa shape index (κ2) is 7.68. The summed E-state index contributed by atoms with van der Waals surface area (Å²) in [7, 11) is 0. The maximum atomic E-state index is 13.5. The van der Waals surface area contributed by atoms with Crippen molar-refractivity contribution in [1.29, 1.82) is 0 Å². The van der Waals surface area contributed by atoms with Gasteiger partial charge in [0.2, 0.25) is 0 Å². The van der Waals surface area contributed by atoms with Crippen LogP contribution < -0.4 is 0 Å². The van der Waals surface area contributed by atoms with E-state index in [1.54, 1.807) is 24.3 Å². The van der Waals surface area contributed by atoms with Crippen LogP contribution in [0.3, 0.4) is 0 Å². The summed E-state index contributed by atoms with van der Waals surface area (Å²) in [5, 5.41) is 4.86. The first kappa shape index (κ1) is 18.6. The summed E-state index contributed by atoms with van der Waals surface area (Å²) in [6.45, 7) is 1.98. The van der Waals surface area contributed by atoms with Crippen molar-refractivity contribution in [1.82, 2.24) is 9.78 Å². The van der Waals surface area contributed by atoms with Gasteiger partial charge in [0.1, 0.15) is 23.4 Å². The lowest BCUT2D eigenvalue weighted by Crippen LogP contribution is -2.15. The van der Waals surface area contributed by atoms with Gasteiger partial charge in [-0.2, -0.15) is 5.10 Å². The van der Waals surface area contributed by atoms with Crippen LogP contribution in [-0.4, -0.2) is 9.78 Å². The van der Waals surface area contributed by atoms with E-state index in [1.165, 1.54) is 24.3 Å². The predicted molar refractivity (Wildman–Crippen MR) is 110 cm³/mol. The molecule has 4 aromatic rings. The van der Waals surface area contributed by atoms with E-state index in [0.29, 0.717) is 0 Å². The molecule has 4 rings (SSSR count). The normalized spacial score (nSPS) is 11.2. The van der Waals surface area contributed by atoms with Gasteiger partial charge in [-0.15, -0.1) is 0 Å². The van der Waals surface area contributed by atoms with Crippen molar-refractivity contribution in [2.45, 2.75) is 13.0 Å². The van der Waals surface area contributed by atoms with Gasteiger partial charge in [0.05, 0.1) is 10.2 Å². The van der Waals surface area contributed by atoms with Crippen LogP contribution in [0.2, 0.25) is 0 Å². The Kier molecular flexibility index (Phi) is 5.09. The summed E-state index contributed by atoms with van der Waals surface area (Å²) in [4.78, 5) is 0. The zero-order valence-corrected chi connectivity index (χ0v) is 16.7. The lowest BCUT2D eigenvalue weighted by molar-refractivity contribution is 0.573. The van der Waals surface area contributed by atoms with Crippen molar-refractivity contribution in [3.63, 3.8) is 0 Å². The number of rotatable bonds is 4. The molecule has 0 bridgehead atoms. The van der Waals surface area contributed by atoms with E-state index in [-0.39, 0.29) is 17.7 Å². The molecule has 3 aromatic carbocycles. The monoisotopic (exact) mass is 438 g/mol. The van der Waals surface area contributed by atoms with Crippen LogP contribution in [0.15, 0.2) is 83.3 Å². The van der Waals surface area contributed by atoms with Crippen LogP contribution in [0.25, 0.3) is 11.3 Å². The molecule has 0 N–H and O–H groups in total. The molecule has 0 saturated carbocycles. The van der Waals surface area contributed by atoms with Gasteiger partial charge in [-0.3, -0.25) is 4.68 Å². The Labute approximate surface area is 170 Å². The number of nitrogens with zero attached hydrogens (tertiary/aromatic N) is 2. The fraction of sp³-hybridized carbons (Fsp3) is 0.0870. The smallest absolute Gasteiger partial charge is 0.123 e. The average Bonchev–Trinajstić information content (AvgIpc) is 3.01. The van der Waals surface area contributed by atoms with Gasteiger partial charge in [-0.25, -0.2) is 8.78 Å². The van der Waals surface area contributed by atoms with Crippen molar-refractivity contribution in [3.05, 3.63) is 112 Å². The van der Waals surface area contributed by atoms with Crippen LogP contribution >= 0.6 is 15.9 Å². The van der Waals surface area contributed by atoms with E-state index in [2.05, 4.69) is 15.9 Å².